The van der Waals surface area contributed by atoms with Crippen LogP contribution < -0.4 is 14.4 Å². The van der Waals surface area contributed by atoms with Gasteiger partial charge in [-0.05, 0) is 35.9 Å². The van der Waals surface area contributed by atoms with Crippen LogP contribution in [0.1, 0.15) is 17.1 Å². The lowest BCUT2D eigenvalue weighted by atomic mass is 10.2. The molecular weight excluding hydrogens is 472 g/mol. The lowest BCUT2D eigenvalue weighted by Gasteiger charge is -2.22. The van der Waals surface area contributed by atoms with Gasteiger partial charge in [0.2, 0.25) is 0 Å². The highest BCUT2D eigenvalue weighted by Crippen LogP contribution is 2.27. The molecule has 178 valence electrons. The molecule has 1 aromatic carbocycles. The van der Waals surface area contributed by atoms with Gasteiger partial charge in [-0.3, -0.25) is 9.88 Å². The summed E-state index contributed by atoms with van der Waals surface area (Å²) in [6, 6.07) is 12.6. The van der Waals surface area contributed by atoms with Crippen molar-refractivity contribution < 1.29 is 19.0 Å². The van der Waals surface area contributed by atoms with Crippen LogP contribution >= 0.6 is 11.6 Å². The molecule has 0 atom stereocenters. The minimum absolute atomic E-state index is 0.0916. The molecule has 0 aliphatic heterocycles. The normalized spacial score (nSPS) is 10.5. The highest BCUT2D eigenvalue weighted by molar-refractivity contribution is 6.32. The first kappa shape index (κ1) is 23.8. The number of ether oxygens (including phenoxy) is 3. The Morgan fingerprint density at radius 2 is 1.71 bits per heavy atom. The number of amides is 1. The summed E-state index contributed by atoms with van der Waals surface area (Å²) in [5.41, 5.74) is 1.89. The number of nitrogens with zero attached hydrogens (tertiary/aromatic N) is 6. The molecule has 1 amide bonds. The average molecular weight is 493 g/mol. The molecule has 3 aromatic heterocycles. The van der Waals surface area contributed by atoms with Crippen molar-refractivity contribution in [1.82, 2.24) is 24.9 Å². The Kier molecular flexibility index (Phi) is 7.97. The topological polar surface area (TPSA) is 112 Å². The van der Waals surface area contributed by atoms with Crippen molar-refractivity contribution >= 4 is 23.4 Å². The fourth-order valence-corrected chi connectivity index (χ4v) is 3.29. The quantitative estimate of drug-likeness (QED) is 0.338. The van der Waals surface area contributed by atoms with Crippen molar-refractivity contribution in [3.05, 3.63) is 95.6 Å². The third-order valence-corrected chi connectivity index (χ3v) is 5.02. The Morgan fingerprint density at radius 3 is 2.40 bits per heavy atom. The van der Waals surface area contributed by atoms with Crippen LogP contribution in [0.15, 0.2) is 73.4 Å². The first-order valence-corrected chi connectivity index (χ1v) is 10.9. The predicted molar refractivity (Wildman–Crippen MR) is 127 cm³/mol. The third kappa shape index (κ3) is 6.61. The first-order valence-electron chi connectivity index (χ1n) is 10.5. The molecular formula is C24H21ClN6O4. The smallest absolute Gasteiger partial charge is 0.415 e. The van der Waals surface area contributed by atoms with Gasteiger partial charge in [0, 0.05) is 18.6 Å². The Morgan fingerprint density at radius 1 is 0.943 bits per heavy atom. The summed E-state index contributed by atoms with van der Waals surface area (Å²) >= 11 is 6.26. The van der Waals surface area contributed by atoms with E-state index in [2.05, 4.69) is 24.9 Å². The van der Waals surface area contributed by atoms with E-state index in [1.165, 1.54) is 24.4 Å². The maximum Gasteiger partial charge on any atom is 0.415 e. The Hall–Kier alpha value is -4.31. The van der Waals surface area contributed by atoms with Gasteiger partial charge in [-0.25, -0.2) is 24.7 Å². The number of carbonyl (C=O) groups excluding carboxylic acids is 1. The number of aromatic nitrogens is 5. The zero-order valence-electron chi connectivity index (χ0n) is 18.7. The van der Waals surface area contributed by atoms with E-state index in [-0.39, 0.29) is 25.8 Å². The number of hydrogen-bond donors (Lipinski definition) is 0. The Balaban J connectivity index is 1.50. The molecule has 0 aliphatic rings. The van der Waals surface area contributed by atoms with Gasteiger partial charge >= 0.3 is 12.1 Å². The molecule has 4 aromatic rings. The van der Waals surface area contributed by atoms with E-state index in [4.69, 9.17) is 25.8 Å². The Labute approximate surface area is 206 Å². The number of rotatable bonds is 9. The number of benzene rings is 1. The number of anilines is 1. The van der Waals surface area contributed by atoms with Gasteiger partial charge in [0.25, 0.3) is 0 Å². The van der Waals surface area contributed by atoms with Gasteiger partial charge in [0.15, 0.2) is 12.4 Å². The molecule has 0 saturated heterocycles. The van der Waals surface area contributed by atoms with E-state index in [1.807, 2.05) is 18.2 Å². The maximum atomic E-state index is 13.0. The van der Waals surface area contributed by atoms with Crippen LogP contribution in [0.2, 0.25) is 5.02 Å². The van der Waals surface area contributed by atoms with Crippen molar-refractivity contribution in [2.24, 2.45) is 0 Å². The summed E-state index contributed by atoms with van der Waals surface area (Å²) in [6.45, 7) is 0.273. The van der Waals surface area contributed by atoms with Crippen molar-refractivity contribution in [1.29, 1.82) is 0 Å². The first-order chi connectivity index (χ1) is 17.1. The largest absolute Gasteiger partial charge is 0.495 e. The van der Waals surface area contributed by atoms with Crippen molar-refractivity contribution in [2.45, 2.75) is 19.8 Å². The van der Waals surface area contributed by atoms with E-state index in [0.29, 0.717) is 22.3 Å². The molecule has 0 bridgehead atoms. The van der Waals surface area contributed by atoms with Gasteiger partial charge in [0.1, 0.15) is 12.4 Å². The second kappa shape index (κ2) is 11.7. The van der Waals surface area contributed by atoms with Gasteiger partial charge in [-0.1, -0.05) is 23.7 Å². The van der Waals surface area contributed by atoms with Crippen LogP contribution in [0.3, 0.4) is 0 Å². The number of halogens is 1. The maximum absolute atomic E-state index is 13.0. The lowest BCUT2D eigenvalue weighted by Crippen LogP contribution is -2.31. The lowest BCUT2D eigenvalue weighted by molar-refractivity contribution is 0.143. The van der Waals surface area contributed by atoms with Crippen LogP contribution in [0, 0.1) is 0 Å². The minimum atomic E-state index is -0.629. The van der Waals surface area contributed by atoms with Gasteiger partial charge in [0.05, 0.1) is 42.5 Å². The van der Waals surface area contributed by atoms with E-state index in [0.717, 1.165) is 11.3 Å². The van der Waals surface area contributed by atoms with E-state index in [1.54, 1.807) is 42.9 Å². The molecule has 0 saturated carbocycles. The van der Waals surface area contributed by atoms with Gasteiger partial charge < -0.3 is 14.2 Å². The van der Waals surface area contributed by atoms with E-state index >= 15 is 0 Å². The molecule has 0 fully saturated rings. The summed E-state index contributed by atoms with van der Waals surface area (Å²) in [5, 5.41) is 0.422. The minimum Gasteiger partial charge on any atom is -0.495 e. The van der Waals surface area contributed by atoms with E-state index < -0.39 is 6.09 Å². The number of pyridine rings is 1. The standard InChI is InChI=1S/C24H21ClN6O4/c1-33-21-7-6-17(11-20(21)25)14-31(24(32)35-16-22-27-9-4-10-28-22)19-12-29-23(30-13-19)34-15-18-5-2-3-8-26-18/h2-13H,14-16H2,1H3. The summed E-state index contributed by atoms with van der Waals surface area (Å²) < 4.78 is 16.2. The molecule has 10 nitrogen and oxygen atoms in total. The zero-order chi connectivity index (χ0) is 24.5. The third-order valence-electron chi connectivity index (χ3n) is 4.72. The molecule has 0 radical (unpaired) electrons. The monoisotopic (exact) mass is 492 g/mol. The second-order valence-corrected chi connectivity index (χ2v) is 7.52. The summed E-state index contributed by atoms with van der Waals surface area (Å²) in [5.74, 6) is 0.909. The second-order valence-electron chi connectivity index (χ2n) is 7.11. The Bertz CT molecular complexity index is 1250. The molecule has 3 heterocycles. The van der Waals surface area contributed by atoms with Crippen molar-refractivity contribution in [2.75, 3.05) is 12.0 Å². The van der Waals surface area contributed by atoms with Gasteiger partial charge in [-0.2, -0.15) is 0 Å². The fourth-order valence-electron chi connectivity index (χ4n) is 3.01. The summed E-state index contributed by atoms with van der Waals surface area (Å²) in [7, 11) is 1.53. The number of carbonyl (C=O) groups is 1. The molecule has 11 heteroatoms. The van der Waals surface area contributed by atoms with Crippen molar-refractivity contribution in [3.8, 4) is 11.8 Å². The van der Waals surface area contributed by atoms with E-state index in [9.17, 15) is 4.79 Å². The molecule has 0 unspecified atom stereocenters. The average Bonchev–Trinajstić information content (AvgIpc) is 2.91. The predicted octanol–water partition coefficient (Wildman–Crippen LogP) is 4.25. The molecule has 0 aliphatic carbocycles. The molecule has 0 spiro atoms. The fraction of sp³-hybridized carbons (Fsp3) is 0.167. The van der Waals surface area contributed by atoms with Crippen LogP contribution in [0.25, 0.3) is 0 Å². The summed E-state index contributed by atoms with van der Waals surface area (Å²) in [4.78, 5) is 35.2. The van der Waals surface area contributed by atoms with Crippen LogP contribution in [-0.4, -0.2) is 38.1 Å². The highest BCUT2D eigenvalue weighted by atomic mass is 35.5. The highest BCUT2D eigenvalue weighted by Gasteiger charge is 2.20. The number of hydrogen-bond acceptors (Lipinski definition) is 9. The number of methoxy groups -OCH3 is 1. The van der Waals surface area contributed by atoms with Crippen LogP contribution in [0.4, 0.5) is 10.5 Å². The molecule has 0 N–H and O–H groups in total. The summed E-state index contributed by atoms with van der Waals surface area (Å²) in [6.07, 6.45) is 7.15. The van der Waals surface area contributed by atoms with Gasteiger partial charge in [-0.15, -0.1) is 0 Å². The van der Waals surface area contributed by atoms with Crippen molar-refractivity contribution in [3.63, 3.8) is 0 Å². The molecule has 4 rings (SSSR count). The zero-order valence-corrected chi connectivity index (χ0v) is 19.5. The SMILES string of the molecule is COc1ccc(CN(C(=O)OCc2ncccn2)c2cnc(OCc3ccccn3)nc2)cc1Cl. The van der Waals surface area contributed by atoms with Crippen LogP contribution in [0.5, 0.6) is 11.8 Å². The molecule has 35 heavy (non-hydrogen) atoms. The van der Waals surface area contributed by atoms with Crippen LogP contribution in [-0.2, 0) is 24.5 Å².